The number of benzene rings is 1. The Kier molecular flexibility index (Phi) is 2.10. The predicted octanol–water partition coefficient (Wildman–Crippen LogP) is 2.64. The predicted molar refractivity (Wildman–Crippen MR) is 62.2 cm³/mol. The molecule has 2 rings (SSSR count). The van der Waals surface area contributed by atoms with Crippen LogP contribution in [0.15, 0.2) is 18.2 Å². The van der Waals surface area contributed by atoms with Crippen molar-refractivity contribution < 1.29 is 4.79 Å². The Morgan fingerprint density at radius 3 is 2.67 bits per heavy atom. The van der Waals surface area contributed by atoms with Crippen LogP contribution >= 0.6 is 0 Å². The van der Waals surface area contributed by atoms with E-state index in [1.807, 2.05) is 4.90 Å². The molecule has 2 nitrogen and oxygen atoms in total. The second-order valence-electron chi connectivity index (χ2n) is 5.01. The minimum atomic E-state index is 0.0781. The summed E-state index contributed by atoms with van der Waals surface area (Å²) in [5, 5.41) is 0. The summed E-state index contributed by atoms with van der Waals surface area (Å²) < 4.78 is 0. The van der Waals surface area contributed by atoms with E-state index >= 15 is 0 Å². The van der Waals surface area contributed by atoms with E-state index < -0.39 is 0 Å². The van der Waals surface area contributed by atoms with Gasteiger partial charge in [-0.05, 0) is 24.1 Å². The van der Waals surface area contributed by atoms with Gasteiger partial charge in [0.2, 0.25) is 5.91 Å². The van der Waals surface area contributed by atoms with Gasteiger partial charge in [-0.1, -0.05) is 26.0 Å². The molecule has 15 heavy (non-hydrogen) atoms. The standard InChI is InChI=1S/C13H17NO/c1-9-5-6-11-12(7-9)14(10(2)15)8-13(11,3)4/h5-7H,8H2,1-4H3. The van der Waals surface area contributed by atoms with E-state index in [0.29, 0.717) is 0 Å². The summed E-state index contributed by atoms with van der Waals surface area (Å²) in [5.74, 6) is 0.132. The Morgan fingerprint density at radius 1 is 1.40 bits per heavy atom. The molecule has 1 aliphatic heterocycles. The minimum absolute atomic E-state index is 0.0781. The number of rotatable bonds is 0. The number of carbonyl (C=O) groups excluding carboxylic acids is 1. The first-order chi connectivity index (χ1) is 6.92. The highest BCUT2D eigenvalue weighted by Crippen LogP contribution is 2.40. The molecule has 0 saturated carbocycles. The first-order valence-corrected chi connectivity index (χ1v) is 5.31. The number of carbonyl (C=O) groups is 1. The molecule has 0 fully saturated rings. The fraction of sp³-hybridized carbons (Fsp3) is 0.462. The molecule has 0 bridgehead atoms. The van der Waals surface area contributed by atoms with Gasteiger partial charge in [0.1, 0.15) is 0 Å². The van der Waals surface area contributed by atoms with Crippen molar-refractivity contribution in [1.29, 1.82) is 0 Å². The van der Waals surface area contributed by atoms with Crippen LogP contribution < -0.4 is 4.90 Å². The van der Waals surface area contributed by atoms with Crippen molar-refractivity contribution in [2.75, 3.05) is 11.4 Å². The number of hydrogen-bond donors (Lipinski definition) is 0. The average Bonchev–Trinajstić information content (AvgIpc) is 2.38. The van der Waals surface area contributed by atoms with E-state index in [0.717, 1.165) is 12.2 Å². The molecule has 1 heterocycles. The van der Waals surface area contributed by atoms with E-state index in [2.05, 4.69) is 39.0 Å². The second kappa shape index (κ2) is 3.09. The third kappa shape index (κ3) is 1.54. The van der Waals surface area contributed by atoms with Crippen molar-refractivity contribution in [1.82, 2.24) is 0 Å². The third-order valence-electron chi connectivity index (χ3n) is 3.11. The summed E-state index contributed by atoms with van der Waals surface area (Å²) in [5.41, 5.74) is 3.66. The zero-order valence-electron chi connectivity index (χ0n) is 9.79. The molecule has 1 amide bonds. The highest BCUT2D eigenvalue weighted by atomic mass is 16.2. The first-order valence-electron chi connectivity index (χ1n) is 5.31. The molecule has 0 aliphatic carbocycles. The summed E-state index contributed by atoms with van der Waals surface area (Å²) >= 11 is 0. The van der Waals surface area contributed by atoms with E-state index in [-0.39, 0.29) is 11.3 Å². The van der Waals surface area contributed by atoms with Crippen molar-refractivity contribution >= 4 is 11.6 Å². The Hall–Kier alpha value is -1.31. The number of nitrogens with zero attached hydrogens (tertiary/aromatic N) is 1. The highest BCUT2D eigenvalue weighted by Gasteiger charge is 2.36. The number of hydrogen-bond acceptors (Lipinski definition) is 1. The summed E-state index contributed by atoms with van der Waals surface area (Å²) in [6.07, 6.45) is 0. The van der Waals surface area contributed by atoms with Crippen LogP contribution in [0, 0.1) is 6.92 Å². The lowest BCUT2D eigenvalue weighted by molar-refractivity contribution is -0.116. The molecule has 0 saturated heterocycles. The largest absolute Gasteiger partial charge is 0.311 e. The molecule has 1 aliphatic rings. The van der Waals surface area contributed by atoms with Gasteiger partial charge in [-0.3, -0.25) is 4.79 Å². The quantitative estimate of drug-likeness (QED) is 0.634. The van der Waals surface area contributed by atoms with Crippen LogP contribution in [-0.2, 0) is 10.2 Å². The SMILES string of the molecule is CC(=O)N1CC(C)(C)c2ccc(C)cc21. The van der Waals surface area contributed by atoms with Crippen molar-refractivity contribution in [3.63, 3.8) is 0 Å². The van der Waals surface area contributed by atoms with E-state index in [4.69, 9.17) is 0 Å². The van der Waals surface area contributed by atoms with Crippen molar-refractivity contribution in [2.24, 2.45) is 0 Å². The zero-order chi connectivity index (χ0) is 11.2. The van der Waals surface area contributed by atoms with Gasteiger partial charge >= 0.3 is 0 Å². The van der Waals surface area contributed by atoms with Crippen LogP contribution in [0.3, 0.4) is 0 Å². The zero-order valence-corrected chi connectivity index (χ0v) is 9.79. The first kappa shape index (κ1) is 10.2. The van der Waals surface area contributed by atoms with E-state index in [9.17, 15) is 4.79 Å². The van der Waals surface area contributed by atoms with E-state index in [1.165, 1.54) is 11.1 Å². The number of aryl methyl sites for hydroxylation is 1. The number of amides is 1. The van der Waals surface area contributed by atoms with Crippen LogP contribution in [0.5, 0.6) is 0 Å². The summed E-state index contributed by atoms with van der Waals surface area (Å²) in [4.78, 5) is 13.4. The fourth-order valence-corrected chi connectivity index (χ4v) is 2.28. The lowest BCUT2D eigenvalue weighted by atomic mass is 9.87. The molecule has 1 aromatic rings. The highest BCUT2D eigenvalue weighted by molar-refractivity contribution is 5.94. The molecule has 80 valence electrons. The third-order valence-corrected chi connectivity index (χ3v) is 3.11. The molecule has 1 aromatic carbocycles. The average molecular weight is 203 g/mol. The summed E-state index contributed by atoms with van der Waals surface area (Å²) in [7, 11) is 0. The molecule has 0 atom stereocenters. The monoisotopic (exact) mass is 203 g/mol. The molecule has 0 N–H and O–H groups in total. The van der Waals surface area contributed by atoms with Crippen molar-refractivity contribution in [3.8, 4) is 0 Å². The van der Waals surface area contributed by atoms with Crippen LogP contribution in [0.25, 0.3) is 0 Å². The number of fused-ring (bicyclic) bond motifs is 1. The molecule has 2 heteroatoms. The van der Waals surface area contributed by atoms with Gasteiger partial charge in [0.15, 0.2) is 0 Å². The molecule has 0 unspecified atom stereocenters. The maximum atomic E-state index is 11.5. The molecular weight excluding hydrogens is 186 g/mol. The van der Waals surface area contributed by atoms with Crippen LogP contribution in [0.1, 0.15) is 31.9 Å². The molecular formula is C13H17NO. The van der Waals surface area contributed by atoms with Crippen molar-refractivity contribution in [2.45, 2.75) is 33.1 Å². The lowest BCUT2D eigenvalue weighted by Crippen LogP contribution is -2.31. The van der Waals surface area contributed by atoms with Gasteiger partial charge in [-0.25, -0.2) is 0 Å². The maximum absolute atomic E-state index is 11.5. The summed E-state index contributed by atoms with van der Waals surface area (Å²) in [6, 6.07) is 6.36. The van der Waals surface area contributed by atoms with Crippen LogP contribution in [0.2, 0.25) is 0 Å². The van der Waals surface area contributed by atoms with Crippen LogP contribution in [0.4, 0.5) is 5.69 Å². The van der Waals surface area contributed by atoms with E-state index in [1.54, 1.807) is 6.92 Å². The van der Waals surface area contributed by atoms with Gasteiger partial charge in [-0.15, -0.1) is 0 Å². The topological polar surface area (TPSA) is 20.3 Å². The van der Waals surface area contributed by atoms with Gasteiger partial charge in [0.25, 0.3) is 0 Å². The molecule has 0 spiro atoms. The smallest absolute Gasteiger partial charge is 0.223 e. The Balaban J connectivity index is 2.58. The fourth-order valence-electron chi connectivity index (χ4n) is 2.28. The molecule has 0 aromatic heterocycles. The van der Waals surface area contributed by atoms with Gasteiger partial charge in [-0.2, -0.15) is 0 Å². The Labute approximate surface area is 90.9 Å². The number of anilines is 1. The molecule has 0 radical (unpaired) electrons. The summed E-state index contributed by atoms with van der Waals surface area (Å²) in [6.45, 7) is 8.85. The van der Waals surface area contributed by atoms with Crippen molar-refractivity contribution in [3.05, 3.63) is 29.3 Å². The van der Waals surface area contributed by atoms with Crippen LogP contribution in [-0.4, -0.2) is 12.5 Å². The van der Waals surface area contributed by atoms with Gasteiger partial charge in [0.05, 0.1) is 0 Å². The maximum Gasteiger partial charge on any atom is 0.223 e. The van der Waals surface area contributed by atoms with Gasteiger partial charge < -0.3 is 4.90 Å². The van der Waals surface area contributed by atoms with Gasteiger partial charge in [0, 0.05) is 24.6 Å². The normalized spacial score (nSPS) is 17.7. The lowest BCUT2D eigenvalue weighted by Gasteiger charge is -2.19. The Bertz CT molecular complexity index is 421. The second-order valence-corrected chi connectivity index (χ2v) is 5.01. The Morgan fingerprint density at radius 2 is 2.07 bits per heavy atom. The minimum Gasteiger partial charge on any atom is -0.311 e.